The minimum atomic E-state index is -0.926. The molecule has 0 bridgehead atoms. The second kappa shape index (κ2) is 5.98. The van der Waals surface area contributed by atoms with Crippen LogP contribution in [0.15, 0.2) is 31.9 Å². The van der Waals surface area contributed by atoms with Crippen LogP contribution in [0.1, 0.15) is 26.5 Å². The predicted octanol–water partition coefficient (Wildman–Crippen LogP) is 2.23. The molecule has 112 valence electrons. The molecule has 0 saturated carbocycles. The van der Waals surface area contributed by atoms with E-state index in [-0.39, 0.29) is 17.5 Å². The standard InChI is InChI=1S/C13H15N3O3S2/c1-13(2,3)16-5-4-14-10(11(16)19)21-12-15-8(7-20-12)6-9(17)18/h4-5,7H,6H2,1-3H3,(H,17,18). The summed E-state index contributed by atoms with van der Waals surface area (Å²) < 4.78 is 2.23. The van der Waals surface area contributed by atoms with Crippen molar-refractivity contribution in [2.75, 3.05) is 0 Å². The summed E-state index contributed by atoms with van der Waals surface area (Å²) in [6.07, 6.45) is 3.12. The van der Waals surface area contributed by atoms with Gasteiger partial charge in [0.15, 0.2) is 9.37 Å². The Hall–Kier alpha value is -1.67. The molecule has 6 nitrogen and oxygen atoms in total. The first-order chi connectivity index (χ1) is 9.77. The van der Waals surface area contributed by atoms with E-state index in [2.05, 4.69) is 9.97 Å². The van der Waals surface area contributed by atoms with Crippen molar-refractivity contribution in [1.82, 2.24) is 14.5 Å². The Morgan fingerprint density at radius 1 is 1.48 bits per heavy atom. The second-order valence-corrected chi connectivity index (χ2v) is 7.45. The van der Waals surface area contributed by atoms with Crippen molar-refractivity contribution < 1.29 is 9.90 Å². The lowest BCUT2D eigenvalue weighted by Gasteiger charge is -2.22. The Morgan fingerprint density at radius 3 is 2.81 bits per heavy atom. The molecule has 2 aromatic rings. The SMILES string of the molecule is CC(C)(C)n1ccnc(Sc2nc(CC(=O)O)cs2)c1=O. The molecule has 0 aliphatic heterocycles. The van der Waals surface area contributed by atoms with Crippen molar-refractivity contribution >= 4 is 29.1 Å². The first-order valence-corrected chi connectivity index (χ1v) is 7.89. The van der Waals surface area contributed by atoms with Crippen molar-refractivity contribution in [3.8, 4) is 0 Å². The van der Waals surface area contributed by atoms with E-state index in [0.29, 0.717) is 15.1 Å². The molecule has 0 fully saturated rings. The zero-order valence-electron chi connectivity index (χ0n) is 11.9. The molecule has 21 heavy (non-hydrogen) atoms. The molecule has 0 amide bonds. The fraction of sp³-hybridized carbons (Fsp3) is 0.385. The van der Waals surface area contributed by atoms with Gasteiger partial charge in [-0.15, -0.1) is 11.3 Å². The maximum Gasteiger partial charge on any atom is 0.309 e. The van der Waals surface area contributed by atoms with Gasteiger partial charge in [0, 0.05) is 23.3 Å². The maximum absolute atomic E-state index is 12.4. The normalized spacial score (nSPS) is 11.6. The summed E-state index contributed by atoms with van der Waals surface area (Å²) in [6, 6.07) is 0. The summed E-state index contributed by atoms with van der Waals surface area (Å²) in [6.45, 7) is 5.83. The zero-order chi connectivity index (χ0) is 15.6. The molecule has 1 N–H and O–H groups in total. The minimum Gasteiger partial charge on any atom is -0.481 e. The summed E-state index contributed by atoms with van der Waals surface area (Å²) in [5.74, 6) is -0.926. The number of thiazole rings is 1. The number of carbonyl (C=O) groups is 1. The molecule has 0 atom stereocenters. The van der Waals surface area contributed by atoms with Gasteiger partial charge in [-0.2, -0.15) is 0 Å². The Bertz CT molecular complexity index is 716. The van der Waals surface area contributed by atoms with E-state index in [4.69, 9.17) is 5.11 Å². The number of hydrogen-bond acceptors (Lipinski definition) is 6. The van der Waals surface area contributed by atoms with Crippen molar-refractivity contribution in [2.45, 2.75) is 42.1 Å². The van der Waals surface area contributed by atoms with Crippen LogP contribution in [0.4, 0.5) is 0 Å². The molecule has 8 heteroatoms. The second-order valence-electron chi connectivity index (χ2n) is 5.36. The van der Waals surface area contributed by atoms with Crippen molar-refractivity contribution in [3.63, 3.8) is 0 Å². The number of aliphatic carboxylic acids is 1. The van der Waals surface area contributed by atoms with Crippen LogP contribution in [0.5, 0.6) is 0 Å². The third-order valence-corrected chi connectivity index (χ3v) is 4.54. The lowest BCUT2D eigenvalue weighted by Crippen LogP contribution is -2.34. The molecule has 0 spiro atoms. The van der Waals surface area contributed by atoms with Gasteiger partial charge < -0.3 is 9.67 Å². The van der Waals surface area contributed by atoms with Gasteiger partial charge in [-0.1, -0.05) is 0 Å². The van der Waals surface area contributed by atoms with E-state index in [9.17, 15) is 9.59 Å². The van der Waals surface area contributed by atoms with Crippen LogP contribution in [-0.4, -0.2) is 25.6 Å². The third-order valence-electron chi connectivity index (χ3n) is 2.58. The van der Waals surface area contributed by atoms with Crippen LogP contribution >= 0.6 is 23.1 Å². The molecule has 0 saturated heterocycles. The summed E-state index contributed by atoms with van der Waals surface area (Å²) in [5, 5.41) is 10.7. The molecular formula is C13H15N3O3S2. The Kier molecular flexibility index (Phi) is 4.48. The molecule has 0 unspecified atom stereocenters. The number of nitrogens with zero attached hydrogens (tertiary/aromatic N) is 3. The quantitative estimate of drug-likeness (QED) is 0.928. The van der Waals surface area contributed by atoms with Crippen molar-refractivity contribution in [3.05, 3.63) is 33.8 Å². The van der Waals surface area contributed by atoms with Gasteiger partial charge in [-0.05, 0) is 32.5 Å². The largest absolute Gasteiger partial charge is 0.481 e. The van der Waals surface area contributed by atoms with E-state index in [1.807, 2.05) is 20.8 Å². The van der Waals surface area contributed by atoms with E-state index in [0.717, 1.165) is 11.8 Å². The predicted molar refractivity (Wildman–Crippen MR) is 81.1 cm³/mol. The number of aromatic nitrogens is 3. The van der Waals surface area contributed by atoms with Crippen LogP contribution in [0, 0.1) is 0 Å². The van der Waals surface area contributed by atoms with Crippen molar-refractivity contribution in [2.24, 2.45) is 0 Å². The highest BCUT2D eigenvalue weighted by atomic mass is 32.2. The molecule has 0 radical (unpaired) electrons. The highest BCUT2D eigenvalue weighted by molar-refractivity contribution is 8.00. The highest BCUT2D eigenvalue weighted by Crippen LogP contribution is 2.27. The summed E-state index contributed by atoms with van der Waals surface area (Å²) in [7, 11) is 0. The molecule has 0 aromatic carbocycles. The first kappa shape index (κ1) is 15.7. The molecule has 2 aromatic heterocycles. The molecule has 2 rings (SSSR count). The van der Waals surface area contributed by atoms with Crippen LogP contribution in [0.25, 0.3) is 0 Å². The molecular weight excluding hydrogens is 310 g/mol. The van der Waals surface area contributed by atoms with Crippen molar-refractivity contribution in [1.29, 1.82) is 0 Å². The Balaban J connectivity index is 2.26. The smallest absolute Gasteiger partial charge is 0.309 e. The van der Waals surface area contributed by atoms with Crippen LogP contribution in [0.3, 0.4) is 0 Å². The fourth-order valence-corrected chi connectivity index (χ4v) is 3.39. The maximum atomic E-state index is 12.4. The van der Waals surface area contributed by atoms with Gasteiger partial charge in [0.25, 0.3) is 5.56 Å². The first-order valence-electron chi connectivity index (χ1n) is 6.19. The van der Waals surface area contributed by atoms with Gasteiger partial charge >= 0.3 is 5.97 Å². The lowest BCUT2D eigenvalue weighted by molar-refractivity contribution is -0.136. The number of rotatable bonds is 4. The van der Waals surface area contributed by atoms with Gasteiger partial charge in [-0.25, -0.2) is 9.97 Å². The number of carboxylic acid groups (broad SMARTS) is 1. The van der Waals surface area contributed by atoms with Gasteiger partial charge in [0.2, 0.25) is 0 Å². The Labute approximate surface area is 129 Å². The summed E-state index contributed by atoms with van der Waals surface area (Å²) >= 11 is 2.47. The molecule has 0 aliphatic carbocycles. The average molecular weight is 325 g/mol. The number of carboxylic acids is 1. The fourth-order valence-electron chi connectivity index (χ4n) is 1.65. The van der Waals surface area contributed by atoms with Crippen LogP contribution in [-0.2, 0) is 16.8 Å². The summed E-state index contributed by atoms with van der Waals surface area (Å²) in [4.78, 5) is 31.3. The zero-order valence-corrected chi connectivity index (χ0v) is 13.5. The number of hydrogen-bond donors (Lipinski definition) is 1. The third kappa shape index (κ3) is 3.92. The molecule has 0 aliphatic rings. The van der Waals surface area contributed by atoms with Gasteiger partial charge in [-0.3, -0.25) is 9.59 Å². The average Bonchev–Trinajstić information content (AvgIpc) is 2.77. The van der Waals surface area contributed by atoms with Gasteiger partial charge in [0.05, 0.1) is 12.1 Å². The summed E-state index contributed by atoms with van der Waals surface area (Å²) in [5.41, 5.74) is -0.0146. The van der Waals surface area contributed by atoms with E-state index < -0.39 is 5.97 Å². The topological polar surface area (TPSA) is 85.1 Å². The lowest BCUT2D eigenvalue weighted by atomic mass is 10.1. The van der Waals surface area contributed by atoms with Crippen LogP contribution < -0.4 is 5.56 Å². The molecule has 2 heterocycles. The minimum absolute atomic E-state index is 0.120. The monoisotopic (exact) mass is 325 g/mol. The Morgan fingerprint density at radius 2 is 2.19 bits per heavy atom. The van der Waals surface area contributed by atoms with Gasteiger partial charge in [0.1, 0.15) is 0 Å². The van der Waals surface area contributed by atoms with E-state index >= 15 is 0 Å². The van der Waals surface area contributed by atoms with E-state index in [1.54, 1.807) is 22.3 Å². The van der Waals surface area contributed by atoms with E-state index in [1.165, 1.54) is 11.3 Å². The highest BCUT2D eigenvalue weighted by Gasteiger charge is 2.18. The van der Waals surface area contributed by atoms with Crippen LogP contribution in [0.2, 0.25) is 0 Å².